The van der Waals surface area contributed by atoms with Gasteiger partial charge in [-0.15, -0.1) is 23.1 Å². The van der Waals surface area contributed by atoms with Crippen molar-refractivity contribution in [1.82, 2.24) is 4.98 Å². The van der Waals surface area contributed by atoms with Gasteiger partial charge in [0.25, 0.3) is 0 Å². The molecule has 9 heteroatoms. The maximum Gasteiger partial charge on any atom is 0.313 e. The number of aromatic nitrogens is 1. The van der Waals surface area contributed by atoms with Crippen molar-refractivity contribution in [1.29, 1.82) is 0 Å². The first kappa shape index (κ1) is 24.6. The summed E-state index contributed by atoms with van der Waals surface area (Å²) in [5, 5.41) is 12.0. The minimum atomic E-state index is -0.878. The molecule has 2 N–H and O–H groups in total. The number of pyridine rings is 1. The Morgan fingerprint density at radius 1 is 1.38 bits per heavy atom. The van der Waals surface area contributed by atoms with E-state index in [9.17, 15) is 14.4 Å². The van der Waals surface area contributed by atoms with Gasteiger partial charge in [-0.2, -0.15) is 0 Å². The molecule has 0 unspecified atom stereocenters. The van der Waals surface area contributed by atoms with Crippen LogP contribution in [0.3, 0.4) is 0 Å². The zero-order valence-corrected chi connectivity index (χ0v) is 18.6. The lowest BCUT2D eigenvalue weighted by molar-refractivity contribution is -0.133. The molecular formula is C20H26N2O5S2. The highest BCUT2D eigenvalue weighted by molar-refractivity contribution is 8.00. The summed E-state index contributed by atoms with van der Waals surface area (Å²) in [4.78, 5) is 37.3. The molecule has 0 aliphatic carbocycles. The summed E-state index contributed by atoms with van der Waals surface area (Å²) < 4.78 is 5.49. The number of carbonyl (C=O) groups excluding carboxylic acids is 2. The molecule has 0 saturated carbocycles. The minimum Gasteiger partial charge on any atom is -0.481 e. The number of anilines is 1. The molecule has 0 amide bonds. The highest BCUT2D eigenvalue weighted by Gasteiger charge is 2.17. The highest BCUT2D eigenvalue weighted by Crippen LogP contribution is 2.30. The molecule has 29 heavy (non-hydrogen) atoms. The van der Waals surface area contributed by atoms with Crippen LogP contribution in [0.5, 0.6) is 5.88 Å². The Labute approximate surface area is 178 Å². The maximum absolute atomic E-state index is 12.6. The maximum atomic E-state index is 12.6. The normalized spacial score (nSPS) is 10.1. The molecule has 0 aliphatic rings. The predicted octanol–water partition coefficient (Wildman–Crippen LogP) is 3.77. The van der Waals surface area contributed by atoms with E-state index in [4.69, 9.17) is 9.84 Å². The standard InChI is InChI=1S/C16H20N2O2S.C4H6O3S/c1-5-12-8-13(16(17-4)21-12)15(19)11-6-7-14(18-9-11)20-10(2)3;5-1-2-8-3-4(6)7/h6-10,17H,5H2,1-4H3;1H,2-3H2,(H,6,7). The lowest BCUT2D eigenvalue weighted by Gasteiger charge is -2.08. The number of carboxylic acid groups (broad SMARTS) is 1. The summed E-state index contributed by atoms with van der Waals surface area (Å²) in [6, 6.07) is 5.45. The third-order valence-electron chi connectivity index (χ3n) is 3.37. The molecule has 2 aromatic rings. The molecular weight excluding hydrogens is 412 g/mol. The third kappa shape index (κ3) is 8.66. The van der Waals surface area contributed by atoms with Gasteiger partial charge in [0.15, 0.2) is 5.78 Å². The number of ether oxygens (including phenoxy) is 1. The number of ketones is 1. The Bertz CT molecular complexity index is 804. The molecule has 0 aliphatic heterocycles. The average Bonchev–Trinajstić information content (AvgIpc) is 3.11. The van der Waals surface area contributed by atoms with E-state index in [1.807, 2.05) is 27.0 Å². The number of carbonyl (C=O) groups is 3. The Morgan fingerprint density at radius 3 is 2.59 bits per heavy atom. The van der Waals surface area contributed by atoms with Crippen molar-refractivity contribution >= 4 is 46.1 Å². The Morgan fingerprint density at radius 2 is 2.10 bits per heavy atom. The SMILES string of the molecule is CCc1cc(C(=O)c2ccc(OC(C)C)nc2)c(NC)s1.O=CCSCC(=O)O. The van der Waals surface area contributed by atoms with Crippen LogP contribution in [0.4, 0.5) is 5.00 Å². The third-order valence-corrected chi connectivity index (χ3v) is 5.49. The van der Waals surface area contributed by atoms with Gasteiger partial charge in [-0.1, -0.05) is 6.92 Å². The van der Waals surface area contributed by atoms with Crippen LogP contribution < -0.4 is 10.1 Å². The molecule has 7 nitrogen and oxygen atoms in total. The predicted molar refractivity (Wildman–Crippen MR) is 118 cm³/mol. The molecule has 0 spiro atoms. The number of hydrogen-bond acceptors (Lipinski definition) is 8. The van der Waals surface area contributed by atoms with Crippen LogP contribution in [0, 0.1) is 0 Å². The summed E-state index contributed by atoms with van der Waals surface area (Å²) in [5.74, 6) is -0.0731. The number of rotatable bonds is 10. The number of carboxylic acids is 1. The fourth-order valence-corrected chi connectivity index (χ4v) is 3.48. The first-order chi connectivity index (χ1) is 13.8. The van der Waals surface area contributed by atoms with E-state index >= 15 is 0 Å². The summed E-state index contributed by atoms with van der Waals surface area (Å²) in [7, 11) is 1.83. The monoisotopic (exact) mass is 438 g/mol. The second-order valence-electron chi connectivity index (χ2n) is 6.02. The van der Waals surface area contributed by atoms with Crippen molar-refractivity contribution in [3.63, 3.8) is 0 Å². The zero-order valence-electron chi connectivity index (χ0n) is 16.9. The Kier molecular flexibility index (Phi) is 11.0. The van der Waals surface area contributed by atoms with Gasteiger partial charge in [-0.25, -0.2) is 4.98 Å². The van der Waals surface area contributed by atoms with E-state index in [1.165, 1.54) is 4.88 Å². The summed E-state index contributed by atoms with van der Waals surface area (Å²) in [6.45, 7) is 5.97. The quantitative estimate of drug-likeness (QED) is 0.328. The van der Waals surface area contributed by atoms with Crippen LogP contribution in [0.15, 0.2) is 24.4 Å². The molecule has 2 heterocycles. The topological polar surface area (TPSA) is 106 Å². The van der Waals surface area contributed by atoms with Crippen LogP contribution >= 0.6 is 23.1 Å². The van der Waals surface area contributed by atoms with E-state index in [0.29, 0.717) is 23.3 Å². The number of nitrogens with one attached hydrogen (secondary N) is 1. The summed E-state index contributed by atoms with van der Waals surface area (Å²) >= 11 is 2.71. The Balaban J connectivity index is 0.000000447. The van der Waals surface area contributed by atoms with Crippen molar-refractivity contribution in [2.24, 2.45) is 0 Å². The number of thioether (sulfide) groups is 1. The second kappa shape index (κ2) is 12.9. The number of aliphatic carboxylic acids is 1. The van der Waals surface area contributed by atoms with E-state index in [0.717, 1.165) is 23.2 Å². The molecule has 0 saturated heterocycles. The number of aryl methyl sites for hydroxylation is 1. The molecule has 0 atom stereocenters. The van der Waals surface area contributed by atoms with Crippen molar-refractivity contribution in [2.45, 2.75) is 33.3 Å². The van der Waals surface area contributed by atoms with E-state index < -0.39 is 5.97 Å². The molecule has 0 radical (unpaired) electrons. The molecule has 0 bridgehead atoms. The van der Waals surface area contributed by atoms with Crippen LogP contribution in [-0.4, -0.2) is 52.8 Å². The molecule has 0 fully saturated rings. The van der Waals surface area contributed by atoms with Gasteiger partial charge in [0.2, 0.25) is 5.88 Å². The fraction of sp³-hybridized carbons (Fsp3) is 0.400. The van der Waals surface area contributed by atoms with Gasteiger partial charge in [-0.3, -0.25) is 9.59 Å². The van der Waals surface area contributed by atoms with E-state index in [-0.39, 0.29) is 23.4 Å². The number of thiophene rings is 1. The molecule has 0 aromatic carbocycles. The summed E-state index contributed by atoms with van der Waals surface area (Å²) in [5.41, 5.74) is 1.28. The van der Waals surface area contributed by atoms with E-state index in [1.54, 1.807) is 29.7 Å². The van der Waals surface area contributed by atoms with Crippen molar-refractivity contribution in [3.05, 3.63) is 40.4 Å². The van der Waals surface area contributed by atoms with Crippen LogP contribution in [-0.2, 0) is 16.0 Å². The second-order valence-corrected chi connectivity index (χ2v) is 8.18. The van der Waals surface area contributed by atoms with Gasteiger partial charge < -0.3 is 20.0 Å². The summed E-state index contributed by atoms with van der Waals surface area (Å²) in [6.07, 6.45) is 3.25. The van der Waals surface area contributed by atoms with Gasteiger partial charge >= 0.3 is 5.97 Å². The van der Waals surface area contributed by atoms with Crippen LogP contribution in [0.25, 0.3) is 0 Å². The van der Waals surface area contributed by atoms with Crippen molar-refractivity contribution < 1.29 is 24.2 Å². The average molecular weight is 439 g/mol. The van der Waals surface area contributed by atoms with Crippen molar-refractivity contribution in [2.75, 3.05) is 23.9 Å². The fourth-order valence-electron chi connectivity index (χ4n) is 2.15. The molecule has 2 aromatic heterocycles. The largest absolute Gasteiger partial charge is 0.481 e. The van der Waals surface area contributed by atoms with Gasteiger partial charge in [0.05, 0.1) is 22.4 Å². The number of hydrogen-bond donors (Lipinski definition) is 2. The van der Waals surface area contributed by atoms with E-state index in [2.05, 4.69) is 17.2 Å². The zero-order chi connectivity index (χ0) is 21.8. The van der Waals surface area contributed by atoms with Crippen LogP contribution in [0.1, 0.15) is 41.6 Å². The Hall–Kier alpha value is -2.39. The number of aldehydes is 1. The highest BCUT2D eigenvalue weighted by atomic mass is 32.2. The van der Waals surface area contributed by atoms with Gasteiger partial charge in [-0.05, 0) is 32.4 Å². The van der Waals surface area contributed by atoms with Gasteiger partial charge in [0, 0.05) is 35.5 Å². The number of nitrogens with zero attached hydrogens (tertiary/aromatic N) is 1. The lowest BCUT2D eigenvalue weighted by atomic mass is 10.1. The van der Waals surface area contributed by atoms with Crippen molar-refractivity contribution in [3.8, 4) is 5.88 Å². The smallest absolute Gasteiger partial charge is 0.313 e. The minimum absolute atomic E-state index is 0.0126. The lowest BCUT2D eigenvalue weighted by Crippen LogP contribution is -2.08. The molecule has 2 rings (SSSR count). The molecule has 158 valence electrons. The van der Waals surface area contributed by atoms with Gasteiger partial charge in [0.1, 0.15) is 6.29 Å². The van der Waals surface area contributed by atoms with Crippen LogP contribution in [0.2, 0.25) is 0 Å². The first-order valence-electron chi connectivity index (χ1n) is 9.03. The first-order valence-corrected chi connectivity index (χ1v) is 11.0.